The van der Waals surface area contributed by atoms with E-state index >= 15 is 0 Å². The number of rotatable bonds is 3. The van der Waals surface area contributed by atoms with Gasteiger partial charge in [0.2, 0.25) is 11.9 Å². The van der Waals surface area contributed by atoms with E-state index in [0.717, 1.165) is 73.3 Å². The smallest absolute Gasteiger partial charge is 0.225 e. The summed E-state index contributed by atoms with van der Waals surface area (Å²) >= 11 is 3.47. The van der Waals surface area contributed by atoms with Crippen LogP contribution in [0.1, 0.15) is 25.7 Å². The Labute approximate surface area is 161 Å². The number of carbonyl (C=O) groups excluding carboxylic acids is 1. The number of aromatic nitrogens is 2. The molecule has 1 aromatic heterocycles. The van der Waals surface area contributed by atoms with Crippen LogP contribution in [0.4, 0.5) is 5.95 Å². The molecule has 1 amide bonds. The third-order valence-corrected chi connectivity index (χ3v) is 5.74. The van der Waals surface area contributed by atoms with Crippen LogP contribution in [0.5, 0.6) is 0 Å². The summed E-state index contributed by atoms with van der Waals surface area (Å²) in [5, 5.41) is 4.22. The van der Waals surface area contributed by atoms with E-state index < -0.39 is 0 Å². The molecule has 0 atom stereocenters. The van der Waals surface area contributed by atoms with Gasteiger partial charge in [0.1, 0.15) is 0 Å². The summed E-state index contributed by atoms with van der Waals surface area (Å²) in [4.78, 5) is 23.9. The summed E-state index contributed by atoms with van der Waals surface area (Å²) in [6, 6.07) is 6.29. The van der Waals surface area contributed by atoms with Gasteiger partial charge in [-0.2, -0.15) is 0 Å². The van der Waals surface area contributed by atoms with E-state index in [9.17, 15) is 4.79 Å². The first-order chi connectivity index (χ1) is 12.7. The highest BCUT2D eigenvalue weighted by atomic mass is 79.9. The number of hydrogen-bond acceptors (Lipinski definition) is 5. The average molecular weight is 419 g/mol. The maximum absolute atomic E-state index is 12.5. The Bertz CT molecular complexity index is 786. The molecule has 0 spiro atoms. The maximum atomic E-state index is 12.5. The first-order valence-electron chi connectivity index (χ1n) is 9.24. The lowest BCUT2D eigenvalue weighted by Gasteiger charge is -2.32. The highest BCUT2D eigenvalue weighted by Gasteiger charge is 2.28. The third kappa shape index (κ3) is 3.99. The van der Waals surface area contributed by atoms with Crippen molar-refractivity contribution in [2.45, 2.75) is 31.7 Å². The number of ether oxygens (including phenoxy) is 1. The minimum atomic E-state index is 0.0884. The fourth-order valence-electron chi connectivity index (χ4n) is 3.65. The number of piperidine rings is 1. The molecule has 0 saturated carbocycles. The summed E-state index contributed by atoms with van der Waals surface area (Å²) in [7, 11) is 0. The first-order valence-corrected chi connectivity index (χ1v) is 10.0. The molecule has 1 aromatic carbocycles. The topological polar surface area (TPSA) is 67.3 Å². The molecular weight excluding hydrogens is 396 g/mol. The molecule has 2 aliphatic rings. The van der Waals surface area contributed by atoms with Crippen LogP contribution in [0, 0.1) is 5.92 Å². The van der Waals surface area contributed by atoms with Gasteiger partial charge in [0.05, 0.1) is 5.52 Å². The zero-order valence-electron chi connectivity index (χ0n) is 14.7. The number of anilines is 1. The van der Waals surface area contributed by atoms with Crippen molar-refractivity contribution in [3.63, 3.8) is 0 Å². The van der Waals surface area contributed by atoms with Gasteiger partial charge in [-0.15, -0.1) is 0 Å². The van der Waals surface area contributed by atoms with Crippen LogP contribution in [-0.2, 0) is 9.53 Å². The van der Waals surface area contributed by atoms with Crippen LogP contribution in [-0.4, -0.2) is 48.2 Å². The molecule has 7 heteroatoms. The largest absolute Gasteiger partial charge is 0.381 e. The fraction of sp³-hybridized carbons (Fsp3) is 0.526. The van der Waals surface area contributed by atoms with Gasteiger partial charge >= 0.3 is 0 Å². The Hall–Kier alpha value is -1.73. The molecule has 26 heavy (non-hydrogen) atoms. The Balaban J connectivity index is 1.35. The fourth-order valence-corrected chi connectivity index (χ4v) is 4.03. The van der Waals surface area contributed by atoms with Gasteiger partial charge in [0, 0.05) is 54.3 Å². The second-order valence-electron chi connectivity index (χ2n) is 7.03. The van der Waals surface area contributed by atoms with Crippen LogP contribution < -0.4 is 10.2 Å². The molecule has 0 unspecified atom stereocenters. The van der Waals surface area contributed by atoms with Crippen molar-refractivity contribution in [1.82, 2.24) is 15.3 Å². The van der Waals surface area contributed by atoms with E-state index in [4.69, 9.17) is 4.74 Å². The van der Waals surface area contributed by atoms with E-state index in [1.807, 2.05) is 24.4 Å². The number of fused-ring (bicyclic) bond motifs is 1. The van der Waals surface area contributed by atoms with Gasteiger partial charge in [0.25, 0.3) is 0 Å². The molecule has 2 fully saturated rings. The van der Waals surface area contributed by atoms with Crippen molar-refractivity contribution >= 4 is 38.7 Å². The first kappa shape index (κ1) is 17.7. The SMILES string of the molecule is O=C(NC1CCOCC1)C1CCN(c2ncc3cc(Br)ccc3n2)CC1. The molecule has 2 aliphatic heterocycles. The molecule has 4 rings (SSSR count). The Morgan fingerprint density at radius 2 is 1.96 bits per heavy atom. The Kier molecular flexibility index (Phi) is 5.36. The summed E-state index contributed by atoms with van der Waals surface area (Å²) in [6.45, 7) is 3.13. The summed E-state index contributed by atoms with van der Waals surface area (Å²) in [5.74, 6) is 1.04. The molecule has 0 radical (unpaired) electrons. The molecule has 3 heterocycles. The van der Waals surface area contributed by atoms with Crippen LogP contribution >= 0.6 is 15.9 Å². The highest BCUT2D eigenvalue weighted by molar-refractivity contribution is 9.10. The van der Waals surface area contributed by atoms with Gasteiger partial charge in [-0.3, -0.25) is 4.79 Å². The van der Waals surface area contributed by atoms with E-state index in [-0.39, 0.29) is 17.9 Å². The number of amides is 1. The monoisotopic (exact) mass is 418 g/mol. The van der Waals surface area contributed by atoms with Gasteiger partial charge in [-0.05, 0) is 43.9 Å². The van der Waals surface area contributed by atoms with Crippen molar-refractivity contribution < 1.29 is 9.53 Å². The number of nitrogens with zero attached hydrogens (tertiary/aromatic N) is 3. The zero-order valence-corrected chi connectivity index (χ0v) is 16.2. The van der Waals surface area contributed by atoms with Crippen LogP contribution in [0.3, 0.4) is 0 Å². The number of halogens is 1. The number of hydrogen-bond donors (Lipinski definition) is 1. The predicted molar refractivity (Wildman–Crippen MR) is 104 cm³/mol. The van der Waals surface area contributed by atoms with E-state index in [2.05, 4.69) is 36.1 Å². The highest BCUT2D eigenvalue weighted by Crippen LogP contribution is 2.24. The van der Waals surface area contributed by atoms with Gasteiger partial charge in [0.15, 0.2) is 0 Å². The normalized spacial score (nSPS) is 19.7. The van der Waals surface area contributed by atoms with E-state index in [1.165, 1.54) is 0 Å². The second kappa shape index (κ2) is 7.88. The molecule has 138 valence electrons. The van der Waals surface area contributed by atoms with Gasteiger partial charge < -0.3 is 15.0 Å². The second-order valence-corrected chi connectivity index (χ2v) is 7.95. The molecule has 6 nitrogen and oxygen atoms in total. The lowest BCUT2D eigenvalue weighted by molar-refractivity contribution is -0.126. The predicted octanol–water partition coefficient (Wildman–Crippen LogP) is 2.90. The van der Waals surface area contributed by atoms with Crippen LogP contribution in [0.15, 0.2) is 28.9 Å². The summed E-state index contributed by atoms with van der Waals surface area (Å²) in [6.07, 6.45) is 5.40. The third-order valence-electron chi connectivity index (χ3n) is 5.25. The van der Waals surface area contributed by atoms with E-state index in [1.54, 1.807) is 0 Å². The van der Waals surface area contributed by atoms with Crippen LogP contribution in [0.2, 0.25) is 0 Å². The minimum absolute atomic E-state index is 0.0884. The summed E-state index contributed by atoms with van der Waals surface area (Å²) < 4.78 is 6.38. The maximum Gasteiger partial charge on any atom is 0.225 e. The van der Waals surface area contributed by atoms with Crippen molar-refractivity contribution in [1.29, 1.82) is 0 Å². The standard InChI is InChI=1S/C19H23BrN4O2/c20-15-1-2-17-14(11-15)12-21-19(23-17)24-7-3-13(4-8-24)18(25)22-16-5-9-26-10-6-16/h1-2,11-13,16H,3-10H2,(H,22,25). The quantitative estimate of drug-likeness (QED) is 0.829. The van der Waals surface area contributed by atoms with Crippen molar-refractivity contribution in [3.8, 4) is 0 Å². The van der Waals surface area contributed by atoms with E-state index in [0.29, 0.717) is 0 Å². The number of benzene rings is 1. The molecule has 0 aliphatic carbocycles. The van der Waals surface area contributed by atoms with Crippen molar-refractivity contribution in [3.05, 3.63) is 28.9 Å². The lowest BCUT2D eigenvalue weighted by Crippen LogP contribution is -2.45. The Morgan fingerprint density at radius 1 is 1.19 bits per heavy atom. The Morgan fingerprint density at radius 3 is 2.73 bits per heavy atom. The molecular formula is C19H23BrN4O2. The summed E-state index contributed by atoms with van der Waals surface area (Å²) in [5.41, 5.74) is 0.942. The molecule has 1 N–H and O–H groups in total. The van der Waals surface area contributed by atoms with Gasteiger partial charge in [-0.1, -0.05) is 15.9 Å². The molecule has 2 aromatic rings. The number of nitrogens with one attached hydrogen (secondary N) is 1. The average Bonchev–Trinajstić information content (AvgIpc) is 2.68. The number of carbonyl (C=O) groups is 1. The van der Waals surface area contributed by atoms with Gasteiger partial charge in [-0.25, -0.2) is 9.97 Å². The lowest BCUT2D eigenvalue weighted by atomic mass is 9.95. The van der Waals surface area contributed by atoms with Crippen LogP contribution in [0.25, 0.3) is 10.9 Å². The molecule has 0 bridgehead atoms. The molecule has 2 saturated heterocycles. The van der Waals surface area contributed by atoms with Crippen molar-refractivity contribution in [2.75, 3.05) is 31.2 Å². The zero-order chi connectivity index (χ0) is 17.9. The van der Waals surface area contributed by atoms with Crippen molar-refractivity contribution in [2.24, 2.45) is 5.92 Å². The minimum Gasteiger partial charge on any atom is -0.381 e.